The first-order chi connectivity index (χ1) is 15.4. The largest absolute Gasteiger partial charge is 0.506 e. The van der Waals surface area contributed by atoms with Crippen LogP contribution < -0.4 is 0 Å². The van der Waals surface area contributed by atoms with E-state index >= 15 is 0 Å². The standard InChI is InChI=1S/C22H14Br2ClN3O3S/c23-15-8-14(20(29)18(24)10-15)9-19-21(30)28(12-17-2-1-7-31-17)22(32-19)27-26-11-13-3-5-16(25)6-4-13/h1-11,29H,12H2/b19-9-,26-11+,27-22-. The van der Waals surface area contributed by atoms with Crippen molar-refractivity contribution in [1.82, 2.24) is 4.90 Å². The Morgan fingerprint density at radius 1 is 1.19 bits per heavy atom. The van der Waals surface area contributed by atoms with Crippen molar-refractivity contribution in [3.05, 3.63) is 90.6 Å². The molecule has 3 aromatic rings. The molecule has 4 rings (SSSR count). The molecule has 162 valence electrons. The molecule has 0 aliphatic carbocycles. The monoisotopic (exact) mass is 593 g/mol. The second-order valence-corrected chi connectivity index (χ2v) is 9.80. The molecule has 1 saturated heterocycles. The SMILES string of the molecule is O=C1/C(=C/c2cc(Br)cc(Br)c2O)S/C(=N\N=C\c2ccc(Cl)cc2)N1Cc1ccco1. The van der Waals surface area contributed by atoms with Crippen LogP contribution in [0.15, 0.2) is 83.3 Å². The number of furan rings is 1. The Labute approximate surface area is 209 Å². The molecule has 1 fully saturated rings. The zero-order valence-corrected chi connectivity index (χ0v) is 20.9. The average Bonchev–Trinajstić information content (AvgIpc) is 3.37. The summed E-state index contributed by atoms with van der Waals surface area (Å²) in [6.07, 6.45) is 4.75. The van der Waals surface area contributed by atoms with Crippen molar-refractivity contribution < 1.29 is 14.3 Å². The third-order valence-electron chi connectivity index (χ3n) is 4.35. The normalized spacial score (nSPS) is 16.7. The average molecular weight is 596 g/mol. The summed E-state index contributed by atoms with van der Waals surface area (Å²) in [4.78, 5) is 15.0. The van der Waals surface area contributed by atoms with E-state index in [4.69, 9.17) is 16.0 Å². The number of halogens is 3. The topological polar surface area (TPSA) is 78.4 Å². The van der Waals surface area contributed by atoms with Gasteiger partial charge in [-0.1, -0.05) is 39.7 Å². The predicted octanol–water partition coefficient (Wildman–Crippen LogP) is 6.67. The lowest BCUT2D eigenvalue weighted by molar-refractivity contribution is -0.122. The molecule has 6 nitrogen and oxygen atoms in total. The van der Waals surface area contributed by atoms with E-state index in [1.807, 2.05) is 12.1 Å². The van der Waals surface area contributed by atoms with Gasteiger partial charge in [0.15, 0.2) is 5.17 Å². The second kappa shape index (κ2) is 10.1. The lowest BCUT2D eigenvalue weighted by Gasteiger charge is -2.12. The number of hydrogen-bond acceptors (Lipinski definition) is 6. The zero-order chi connectivity index (χ0) is 22.7. The number of thioether (sulfide) groups is 1. The quantitative estimate of drug-likeness (QED) is 0.203. The number of phenols is 1. The lowest BCUT2D eigenvalue weighted by Crippen LogP contribution is -2.28. The maximum absolute atomic E-state index is 13.1. The predicted molar refractivity (Wildman–Crippen MR) is 135 cm³/mol. The van der Waals surface area contributed by atoms with Crippen molar-refractivity contribution in [2.24, 2.45) is 10.2 Å². The molecule has 10 heteroatoms. The van der Waals surface area contributed by atoms with Crippen LogP contribution in [0.25, 0.3) is 6.08 Å². The number of rotatable bonds is 5. The molecule has 32 heavy (non-hydrogen) atoms. The highest BCUT2D eigenvalue weighted by Crippen LogP contribution is 2.38. The van der Waals surface area contributed by atoms with Crippen molar-refractivity contribution >= 4 is 78.6 Å². The third kappa shape index (κ3) is 5.35. The van der Waals surface area contributed by atoms with Gasteiger partial charge in [-0.15, -0.1) is 5.10 Å². The fourth-order valence-corrected chi connectivity index (χ4v) is 5.12. The van der Waals surface area contributed by atoms with Crippen LogP contribution in [0.1, 0.15) is 16.9 Å². The Morgan fingerprint density at radius 3 is 2.69 bits per heavy atom. The number of carbonyl (C=O) groups excluding carboxylic acids is 1. The van der Waals surface area contributed by atoms with Gasteiger partial charge in [0.05, 0.1) is 28.4 Å². The molecule has 2 heterocycles. The van der Waals surface area contributed by atoms with E-state index in [2.05, 4.69) is 42.1 Å². The molecule has 1 aliphatic heterocycles. The highest BCUT2D eigenvalue weighted by atomic mass is 79.9. The molecule has 0 radical (unpaired) electrons. The number of aromatic hydroxyl groups is 1. The van der Waals surface area contributed by atoms with Crippen LogP contribution in [0.2, 0.25) is 5.02 Å². The van der Waals surface area contributed by atoms with Gasteiger partial charge in [-0.05, 0) is 75.7 Å². The maximum Gasteiger partial charge on any atom is 0.267 e. The molecule has 0 unspecified atom stereocenters. The highest BCUT2D eigenvalue weighted by molar-refractivity contribution is 9.11. The van der Waals surface area contributed by atoms with E-state index in [9.17, 15) is 9.90 Å². The Balaban J connectivity index is 1.66. The van der Waals surface area contributed by atoms with Gasteiger partial charge in [0.1, 0.15) is 11.5 Å². The summed E-state index contributed by atoms with van der Waals surface area (Å²) in [5.41, 5.74) is 1.32. The molecule has 0 saturated carbocycles. The Bertz CT molecular complexity index is 1240. The Morgan fingerprint density at radius 2 is 1.97 bits per heavy atom. The summed E-state index contributed by atoms with van der Waals surface area (Å²) in [5, 5.41) is 19.8. The molecular formula is C22H14Br2ClN3O3S. The van der Waals surface area contributed by atoms with Gasteiger partial charge >= 0.3 is 0 Å². The minimum Gasteiger partial charge on any atom is -0.506 e. The fraction of sp³-hybridized carbons (Fsp3) is 0.0455. The third-order valence-corrected chi connectivity index (χ3v) is 6.66. The number of benzene rings is 2. The summed E-state index contributed by atoms with van der Waals surface area (Å²) in [5.74, 6) is 0.391. The van der Waals surface area contributed by atoms with Crippen molar-refractivity contribution in [1.29, 1.82) is 0 Å². The molecule has 1 aliphatic rings. The van der Waals surface area contributed by atoms with Crippen molar-refractivity contribution in [2.45, 2.75) is 6.54 Å². The molecular weight excluding hydrogens is 582 g/mol. The molecule has 1 aromatic heterocycles. The number of carbonyl (C=O) groups is 1. The van der Waals surface area contributed by atoms with Crippen LogP contribution in [0.5, 0.6) is 5.75 Å². The van der Waals surface area contributed by atoms with Gasteiger partial charge in [-0.2, -0.15) is 5.10 Å². The fourth-order valence-electron chi connectivity index (χ4n) is 2.81. The Hall–Kier alpha value is -2.33. The van der Waals surface area contributed by atoms with Gasteiger partial charge in [-0.3, -0.25) is 9.69 Å². The number of nitrogens with zero attached hydrogens (tertiary/aromatic N) is 3. The molecule has 0 bridgehead atoms. The van der Waals surface area contributed by atoms with Crippen LogP contribution in [-0.4, -0.2) is 27.3 Å². The second-order valence-electron chi connectivity index (χ2n) is 6.59. The van der Waals surface area contributed by atoms with Gasteiger partial charge in [0, 0.05) is 15.1 Å². The minimum absolute atomic E-state index is 0.0397. The summed E-state index contributed by atoms with van der Waals surface area (Å²) in [7, 11) is 0. The van der Waals surface area contributed by atoms with E-state index in [1.165, 1.54) is 16.7 Å². The smallest absolute Gasteiger partial charge is 0.267 e. The van der Waals surface area contributed by atoms with Crippen LogP contribution in [0.3, 0.4) is 0 Å². The van der Waals surface area contributed by atoms with Gasteiger partial charge in [-0.25, -0.2) is 0 Å². The van der Waals surface area contributed by atoms with Crippen LogP contribution >= 0.6 is 55.2 Å². The Kier molecular flexibility index (Phi) is 7.20. The molecule has 1 N–H and O–H groups in total. The van der Waals surface area contributed by atoms with E-state index in [0.29, 0.717) is 30.9 Å². The number of amidine groups is 1. The first kappa shape index (κ1) is 22.8. The lowest BCUT2D eigenvalue weighted by atomic mass is 10.2. The van der Waals surface area contributed by atoms with E-state index in [-0.39, 0.29) is 18.2 Å². The number of hydrogen-bond donors (Lipinski definition) is 1. The van der Waals surface area contributed by atoms with Gasteiger partial charge < -0.3 is 9.52 Å². The first-order valence-electron chi connectivity index (χ1n) is 9.19. The van der Waals surface area contributed by atoms with Crippen molar-refractivity contribution in [3.8, 4) is 5.75 Å². The molecule has 0 spiro atoms. The van der Waals surface area contributed by atoms with Gasteiger partial charge in [0.2, 0.25) is 0 Å². The van der Waals surface area contributed by atoms with E-state index in [1.54, 1.807) is 55.0 Å². The van der Waals surface area contributed by atoms with Crippen molar-refractivity contribution in [3.63, 3.8) is 0 Å². The van der Waals surface area contributed by atoms with Crippen LogP contribution in [0, 0.1) is 0 Å². The molecule has 2 aromatic carbocycles. The zero-order valence-electron chi connectivity index (χ0n) is 16.2. The number of phenolic OH excluding ortho intramolecular Hbond substituents is 1. The van der Waals surface area contributed by atoms with Crippen LogP contribution in [0.4, 0.5) is 0 Å². The maximum atomic E-state index is 13.1. The highest BCUT2D eigenvalue weighted by Gasteiger charge is 2.34. The summed E-state index contributed by atoms with van der Waals surface area (Å²) < 4.78 is 6.68. The van der Waals surface area contributed by atoms with Crippen molar-refractivity contribution in [2.75, 3.05) is 0 Å². The minimum atomic E-state index is -0.262. The van der Waals surface area contributed by atoms with Gasteiger partial charge in [0.25, 0.3) is 5.91 Å². The van der Waals surface area contributed by atoms with Crippen LogP contribution in [-0.2, 0) is 11.3 Å². The summed E-state index contributed by atoms with van der Waals surface area (Å²) >= 11 is 13.8. The number of amides is 1. The summed E-state index contributed by atoms with van der Waals surface area (Å²) in [6, 6.07) is 14.1. The molecule has 1 amide bonds. The first-order valence-corrected chi connectivity index (χ1v) is 12.0. The van der Waals surface area contributed by atoms with E-state index in [0.717, 1.165) is 10.0 Å². The van der Waals surface area contributed by atoms with E-state index < -0.39 is 0 Å². The summed E-state index contributed by atoms with van der Waals surface area (Å²) in [6.45, 7) is 0.208. The molecule has 0 atom stereocenters.